The van der Waals surface area contributed by atoms with Crippen molar-refractivity contribution in [2.24, 2.45) is 0 Å². The first-order valence-corrected chi connectivity index (χ1v) is 12.3. The summed E-state index contributed by atoms with van der Waals surface area (Å²) in [6, 6.07) is 20.7. The Balaban J connectivity index is 1.91. The summed E-state index contributed by atoms with van der Waals surface area (Å²) in [6.07, 6.45) is 0.348. The van der Waals surface area contributed by atoms with Gasteiger partial charge >= 0.3 is 0 Å². The molecule has 0 heterocycles. The Morgan fingerprint density at radius 3 is 2.17 bits per heavy atom. The van der Waals surface area contributed by atoms with Gasteiger partial charge in [0.2, 0.25) is 5.91 Å². The number of carbonyl (C=O) groups excluding carboxylic acids is 2. The molecule has 0 saturated carbocycles. The fourth-order valence-corrected chi connectivity index (χ4v) is 4.12. The summed E-state index contributed by atoms with van der Waals surface area (Å²) < 4.78 is 5.72. The van der Waals surface area contributed by atoms with Gasteiger partial charge < -0.3 is 15.0 Å². The summed E-state index contributed by atoms with van der Waals surface area (Å²) in [4.78, 5) is 28.4. The third-order valence-corrected chi connectivity index (χ3v) is 6.00. The van der Waals surface area contributed by atoms with E-state index in [9.17, 15) is 9.59 Å². The molecule has 3 aromatic rings. The summed E-state index contributed by atoms with van der Waals surface area (Å²) in [5, 5.41) is 4.30. The predicted molar refractivity (Wildman–Crippen MR) is 141 cm³/mol. The van der Waals surface area contributed by atoms with Gasteiger partial charge in [0.15, 0.2) is 6.61 Å². The van der Waals surface area contributed by atoms with Crippen molar-refractivity contribution in [2.75, 3.05) is 6.61 Å². The second-order valence-corrected chi connectivity index (χ2v) is 9.66. The zero-order valence-electron chi connectivity index (χ0n) is 19.5. The van der Waals surface area contributed by atoms with Crippen molar-refractivity contribution in [3.63, 3.8) is 0 Å². The van der Waals surface area contributed by atoms with Gasteiger partial charge in [-0.1, -0.05) is 77.3 Å². The molecule has 2 amide bonds. The standard InChI is InChI=1S/C27H27Cl3N2O3/c1-18(2)31-27(34)24(14-19-6-4-3-5-7-19)32(16-20-8-10-21(28)11-9-20)26(33)17-35-25-13-12-22(29)15-23(25)30/h3-13,15,18,24H,14,16-17H2,1-2H3,(H,31,34)/t24-/m0/s1. The highest BCUT2D eigenvalue weighted by molar-refractivity contribution is 6.35. The van der Waals surface area contributed by atoms with Gasteiger partial charge in [-0.3, -0.25) is 9.59 Å². The minimum absolute atomic E-state index is 0.0858. The summed E-state index contributed by atoms with van der Waals surface area (Å²) >= 11 is 18.2. The van der Waals surface area contributed by atoms with Gasteiger partial charge in [-0.25, -0.2) is 0 Å². The molecular formula is C27H27Cl3N2O3. The molecule has 0 saturated heterocycles. The number of halogens is 3. The molecule has 5 nitrogen and oxygen atoms in total. The van der Waals surface area contributed by atoms with E-state index in [1.165, 1.54) is 4.90 Å². The van der Waals surface area contributed by atoms with Gasteiger partial charge in [0.05, 0.1) is 5.02 Å². The van der Waals surface area contributed by atoms with Crippen LogP contribution in [-0.2, 0) is 22.6 Å². The van der Waals surface area contributed by atoms with Crippen LogP contribution in [0.2, 0.25) is 15.1 Å². The van der Waals surface area contributed by atoms with Gasteiger partial charge in [0.25, 0.3) is 5.91 Å². The number of amides is 2. The molecule has 0 aliphatic rings. The zero-order chi connectivity index (χ0) is 25.4. The number of hydrogen-bond acceptors (Lipinski definition) is 3. The molecule has 0 unspecified atom stereocenters. The molecule has 3 rings (SSSR count). The molecule has 0 aromatic heterocycles. The summed E-state index contributed by atoms with van der Waals surface area (Å²) in [5.41, 5.74) is 1.77. The highest BCUT2D eigenvalue weighted by atomic mass is 35.5. The van der Waals surface area contributed by atoms with E-state index in [0.717, 1.165) is 11.1 Å². The van der Waals surface area contributed by atoms with Crippen molar-refractivity contribution >= 4 is 46.6 Å². The van der Waals surface area contributed by atoms with Crippen LogP contribution in [0.15, 0.2) is 72.8 Å². The highest BCUT2D eigenvalue weighted by Crippen LogP contribution is 2.27. The molecule has 1 N–H and O–H groups in total. The molecule has 3 aromatic carbocycles. The van der Waals surface area contributed by atoms with Gasteiger partial charge in [-0.2, -0.15) is 0 Å². The molecule has 0 aliphatic heterocycles. The van der Waals surface area contributed by atoms with Crippen molar-refractivity contribution < 1.29 is 14.3 Å². The van der Waals surface area contributed by atoms with E-state index in [1.807, 2.05) is 56.3 Å². The Kier molecular flexibility index (Phi) is 9.84. The molecule has 0 fully saturated rings. The molecule has 184 valence electrons. The van der Waals surface area contributed by atoms with Crippen LogP contribution in [0.3, 0.4) is 0 Å². The lowest BCUT2D eigenvalue weighted by Gasteiger charge is -2.32. The minimum Gasteiger partial charge on any atom is -0.482 e. The molecule has 0 aliphatic carbocycles. The van der Waals surface area contributed by atoms with Crippen molar-refractivity contribution in [2.45, 2.75) is 38.9 Å². The predicted octanol–water partition coefficient (Wildman–Crippen LogP) is 6.19. The first-order chi connectivity index (χ1) is 16.7. The molecule has 0 radical (unpaired) electrons. The third-order valence-electron chi connectivity index (χ3n) is 5.21. The molecule has 0 bridgehead atoms. The van der Waals surface area contributed by atoms with Crippen molar-refractivity contribution in [3.05, 3.63) is 99.0 Å². The van der Waals surface area contributed by atoms with Gasteiger partial charge in [0.1, 0.15) is 11.8 Å². The second kappa shape index (κ2) is 12.8. The van der Waals surface area contributed by atoms with Crippen LogP contribution in [0.1, 0.15) is 25.0 Å². The summed E-state index contributed by atoms with van der Waals surface area (Å²) in [5.74, 6) is -0.261. The zero-order valence-corrected chi connectivity index (χ0v) is 21.8. The lowest BCUT2D eigenvalue weighted by Crippen LogP contribution is -2.52. The highest BCUT2D eigenvalue weighted by Gasteiger charge is 2.31. The smallest absolute Gasteiger partial charge is 0.261 e. The van der Waals surface area contributed by atoms with E-state index < -0.39 is 6.04 Å². The molecule has 35 heavy (non-hydrogen) atoms. The van der Waals surface area contributed by atoms with E-state index >= 15 is 0 Å². The number of carbonyl (C=O) groups is 2. The lowest BCUT2D eigenvalue weighted by molar-refractivity contribution is -0.143. The number of nitrogens with zero attached hydrogens (tertiary/aromatic N) is 1. The monoisotopic (exact) mass is 532 g/mol. The van der Waals surface area contributed by atoms with Gasteiger partial charge in [-0.15, -0.1) is 0 Å². The minimum atomic E-state index is -0.757. The summed E-state index contributed by atoms with van der Waals surface area (Å²) in [7, 11) is 0. The van der Waals surface area contributed by atoms with Crippen molar-refractivity contribution in [1.29, 1.82) is 0 Å². The Bertz CT molecular complexity index is 1140. The number of nitrogens with one attached hydrogen (secondary N) is 1. The quantitative estimate of drug-likeness (QED) is 0.338. The number of benzene rings is 3. The van der Waals surface area contributed by atoms with Gasteiger partial charge in [-0.05, 0) is 55.3 Å². The van der Waals surface area contributed by atoms with Crippen LogP contribution in [0.25, 0.3) is 0 Å². The molecular weight excluding hydrogens is 507 g/mol. The first-order valence-electron chi connectivity index (χ1n) is 11.2. The maximum Gasteiger partial charge on any atom is 0.261 e. The number of hydrogen-bond donors (Lipinski definition) is 1. The third kappa shape index (κ3) is 8.17. The van der Waals surface area contributed by atoms with E-state index in [4.69, 9.17) is 39.5 Å². The van der Waals surface area contributed by atoms with Crippen LogP contribution in [0, 0.1) is 0 Å². The topological polar surface area (TPSA) is 58.6 Å². The second-order valence-electron chi connectivity index (χ2n) is 8.38. The van der Waals surface area contributed by atoms with Gasteiger partial charge in [0, 0.05) is 29.1 Å². The summed E-state index contributed by atoms with van der Waals surface area (Å²) in [6.45, 7) is 3.68. The fourth-order valence-electron chi connectivity index (χ4n) is 3.54. The Hall–Kier alpha value is -2.73. The van der Waals surface area contributed by atoms with Crippen molar-refractivity contribution in [3.8, 4) is 5.75 Å². The molecule has 1 atom stereocenters. The maximum atomic E-state index is 13.5. The Labute approximate surface area is 220 Å². The normalized spacial score (nSPS) is 11.7. The van der Waals surface area contributed by atoms with E-state index in [1.54, 1.807) is 30.3 Å². The first kappa shape index (κ1) is 26.9. The number of ether oxygens (including phenoxy) is 1. The van der Waals surface area contributed by atoms with Crippen LogP contribution < -0.4 is 10.1 Å². The molecule has 0 spiro atoms. The maximum absolute atomic E-state index is 13.5. The Morgan fingerprint density at radius 1 is 0.886 bits per heavy atom. The average Bonchev–Trinajstić information content (AvgIpc) is 2.82. The van der Waals surface area contributed by atoms with E-state index in [2.05, 4.69) is 5.32 Å². The van der Waals surface area contributed by atoms with Crippen LogP contribution >= 0.6 is 34.8 Å². The largest absolute Gasteiger partial charge is 0.482 e. The molecule has 8 heteroatoms. The van der Waals surface area contributed by atoms with E-state index in [0.29, 0.717) is 27.2 Å². The van der Waals surface area contributed by atoms with Crippen LogP contribution in [0.5, 0.6) is 5.75 Å². The lowest BCUT2D eigenvalue weighted by atomic mass is 10.0. The average molecular weight is 534 g/mol. The van der Waals surface area contributed by atoms with E-state index in [-0.39, 0.29) is 31.0 Å². The SMILES string of the molecule is CC(C)NC(=O)[C@H](Cc1ccccc1)N(Cc1ccc(Cl)cc1)C(=O)COc1ccc(Cl)cc1Cl. The Morgan fingerprint density at radius 2 is 1.54 bits per heavy atom. The van der Waals surface area contributed by atoms with Crippen LogP contribution in [0.4, 0.5) is 0 Å². The van der Waals surface area contributed by atoms with Crippen LogP contribution in [-0.4, -0.2) is 35.4 Å². The number of rotatable bonds is 10. The van der Waals surface area contributed by atoms with Crippen molar-refractivity contribution in [1.82, 2.24) is 10.2 Å². The fraction of sp³-hybridized carbons (Fsp3) is 0.259.